The normalized spacial score (nSPS) is 11.0. The average molecular weight is 422 g/mol. The van der Waals surface area contributed by atoms with Gasteiger partial charge in [-0.1, -0.05) is 82.7 Å². The van der Waals surface area contributed by atoms with Crippen LogP contribution in [-0.4, -0.2) is 16.1 Å². The topological polar surface area (TPSA) is 54.9 Å². The fourth-order valence-corrected chi connectivity index (χ4v) is 4.17. The summed E-state index contributed by atoms with van der Waals surface area (Å²) in [4.78, 5) is 12.0. The second kappa shape index (κ2) is 9.19. The highest BCUT2D eigenvalue weighted by Crippen LogP contribution is 2.28. The Balaban J connectivity index is 1.54. The molecular weight excluding hydrogens is 409 g/mol. The molecule has 8 heteroatoms. The lowest BCUT2D eigenvalue weighted by atomic mass is 10.2. The molecule has 0 aliphatic rings. The first-order chi connectivity index (χ1) is 12.6. The highest BCUT2D eigenvalue weighted by molar-refractivity contribution is 8.00. The van der Waals surface area contributed by atoms with E-state index in [2.05, 4.69) is 27.6 Å². The van der Waals surface area contributed by atoms with E-state index in [4.69, 9.17) is 23.2 Å². The van der Waals surface area contributed by atoms with Gasteiger partial charge in [0.1, 0.15) is 0 Å². The van der Waals surface area contributed by atoms with Crippen molar-refractivity contribution in [3.63, 3.8) is 0 Å². The summed E-state index contributed by atoms with van der Waals surface area (Å²) in [5.74, 6) is 0.505. The maximum absolute atomic E-state index is 12.0. The molecule has 3 rings (SSSR count). The smallest absolute Gasteiger partial charge is 0.250 e. The summed E-state index contributed by atoms with van der Waals surface area (Å²) in [6, 6.07) is 15.2. The van der Waals surface area contributed by atoms with Crippen LogP contribution in [0.4, 0.5) is 5.13 Å². The van der Waals surface area contributed by atoms with E-state index in [0.717, 1.165) is 10.1 Å². The van der Waals surface area contributed by atoms with Crippen LogP contribution in [0.3, 0.4) is 0 Å². The molecule has 3 aromatic rings. The molecule has 0 spiro atoms. The molecule has 0 fully saturated rings. The van der Waals surface area contributed by atoms with Crippen LogP contribution in [0.15, 0.2) is 58.9 Å². The van der Waals surface area contributed by atoms with Crippen molar-refractivity contribution in [2.75, 3.05) is 5.32 Å². The van der Waals surface area contributed by atoms with Crippen LogP contribution in [0, 0.1) is 0 Å². The molecule has 1 amide bonds. The Kier molecular flexibility index (Phi) is 6.68. The van der Waals surface area contributed by atoms with Gasteiger partial charge in [-0.25, -0.2) is 0 Å². The van der Waals surface area contributed by atoms with Crippen LogP contribution >= 0.6 is 46.3 Å². The number of aromatic nitrogens is 2. The van der Waals surface area contributed by atoms with E-state index in [1.165, 1.54) is 23.0 Å². The Labute approximate surface area is 169 Å². The maximum Gasteiger partial charge on any atom is 0.250 e. The van der Waals surface area contributed by atoms with Crippen LogP contribution in [-0.2, 0) is 10.5 Å². The van der Waals surface area contributed by atoms with Crippen LogP contribution < -0.4 is 5.32 Å². The quantitative estimate of drug-likeness (QED) is 0.310. The number of nitrogens with zero attached hydrogens (tertiary/aromatic N) is 2. The number of halogens is 2. The predicted octanol–water partition coefficient (Wildman–Crippen LogP) is 5.79. The van der Waals surface area contributed by atoms with Crippen LogP contribution in [0.1, 0.15) is 11.1 Å². The van der Waals surface area contributed by atoms with E-state index in [9.17, 15) is 4.79 Å². The summed E-state index contributed by atoms with van der Waals surface area (Å²) < 4.78 is 0.800. The minimum Gasteiger partial charge on any atom is -0.297 e. The molecule has 2 aromatic carbocycles. The van der Waals surface area contributed by atoms with Gasteiger partial charge >= 0.3 is 0 Å². The standard InChI is InChI=1S/C18H13Cl2N3OS2/c19-14-8-6-13(15(20)10-14)7-9-16(24)21-17-22-23-18(26-17)25-11-12-4-2-1-3-5-12/h1-10H,11H2,(H,21,22,24)/b9-7+. The number of rotatable bonds is 6. The Morgan fingerprint density at radius 3 is 2.73 bits per heavy atom. The van der Waals surface area contributed by atoms with Gasteiger partial charge in [0.15, 0.2) is 4.34 Å². The van der Waals surface area contributed by atoms with Gasteiger partial charge in [-0.3, -0.25) is 10.1 Å². The number of carbonyl (C=O) groups is 1. The van der Waals surface area contributed by atoms with Gasteiger partial charge in [-0.2, -0.15) is 0 Å². The van der Waals surface area contributed by atoms with Crippen molar-refractivity contribution in [2.24, 2.45) is 0 Å². The summed E-state index contributed by atoms with van der Waals surface area (Å²) in [5.41, 5.74) is 1.92. The van der Waals surface area contributed by atoms with E-state index < -0.39 is 0 Å². The Bertz CT molecular complexity index is 929. The molecule has 0 saturated carbocycles. The van der Waals surface area contributed by atoms with Crippen molar-refractivity contribution in [2.45, 2.75) is 10.1 Å². The molecular formula is C18H13Cl2N3OS2. The molecule has 26 heavy (non-hydrogen) atoms. The number of nitrogens with one attached hydrogen (secondary N) is 1. The number of anilines is 1. The minimum absolute atomic E-state index is 0.299. The monoisotopic (exact) mass is 421 g/mol. The molecule has 1 heterocycles. The van der Waals surface area contributed by atoms with Crippen LogP contribution in [0.5, 0.6) is 0 Å². The van der Waals surface area contributed by atoms with E-state index in [1.807, 2.05) is 18.2 Å². The fourth-order valence-electron chi connectivity index (χ4n) is 1.99. The van der Waals surface area contributed by atoms with E-state index >= 15 is 0 Å². The molecule has 0 saturated heterocycles. The Hall–Kier alpha value is -1.86. The molecule has 0 radical (unpaired) electrons. The van der Waals surface area contributed by atoms with Gasteiger partial charge in [0.05, 0.1) is 0 Å². The van der Waals surface area contributed by atoms with E-state index in [-0.39, 0.29) is 5.91 Å². The van der Waals surface area contributed by atoms with E-state index in [1.54, 1.807) is 36.0 Å². The summed E-state index contributed by atoms with van der Waals surface area (Å²) >= 11 is 14.8. The summed E-state index contributed by atoms with van der Waals surface area (Å²) in [6.45, 7) is 0. The third-order valence-electron chi connectivity index (χ3n) is 3.22. The molecule has 0 atom stereocenters. The van der Waals surface area contributed by atoms with Crippen LogP contribution in [0.25, 0.3) is 6.08 Å². The number of carbonyl (C=O) groups excluding carboxylic acids is 1. The summed E-state index contributed by atoms with van der Waals surface area (Å²) in [7, 11) is 0. The lowest BCUT2D eigenvalue weighted by Gasteiger charge is -1.99. The third kappa shape index (κ3) is 5.57. The van der Waals surface area contributed by atoms with Crippen molar-refractivity contribution in [3.05, 3.63) is 75.8 Å². The molecule has 4 nitrogen and oxygen atoms in total. The number of hydrogen-bond donors (Lipinski definition) is 1. The first-order valence-electron chi connectivity index (χ1n) is 7.54. The fraction of sp³-hybridized carbons (Fsp3) is 0.0556. The molecule has 1 aromatic heterocycles. The molecule has 0 aliphatic heterocycles. The van der Waals surface area contributed by atoms with Crippen LogP contribution in [0.2, 0.25) is 10.0 Å². The van der Waals surface area contributed by atoms with Crippen molar-refractivity contribution in [1.82, 2.24) is 10.2 Å². The number of amides is 1. The summed E-state index contributed by atoms with van der Waals surface area (Å²) in [5, 5.41) is 12.3. The van der Waals surface area contributed by atoms with Gasteiger partial charge in [-0.05, 0) is 29.3 Å². The number of benzene rings is 2. The van der Waals surface area contributed by atoms with Crippen molar-refractivity contribution >= 4 is 63.4 Å². The largest absolute Gasteiger partial charge is 0.297 e. The average Bonchev–Trinajstić information content (AvgIpc) is 3.07. The lowest BCUT2D eigenvalue weighted by Crippen LogP contribution is -2.07. The molecule has 0 unspecified atom stereocenters. The molecule has 132 valence electrons. The van der Waals surface area contributed by atoms with Gasteiger partial charge < -0.3 is 0 Å². The highest BCUT2D eigenvalue weighted by Gasteiger charge is 2.07. The molecule has 1 N–H and O–H groups in total. The van der Waals surface area contributed by atoms with Gasteiger partial charge in [-0.15, -0.1) is 10.2 Å². The zero-order chi connectivity index (χ0) is 18.4. The SMILES string of the molecule is O=C(/C=C/c1ccc(Cl)cc1Cl)Nc1nnc(SCc2ccccc2)s1. The second-order valence-corrected chi connectivity index (χ2v) is 8.18. The Morgan fingerprint density at radius 2 is 1.96 bits per heavy atom. The van der Waals surface area contributed by atoms with Gasteiger partial charge in [0.25, 0.3) is 0 Å². The zero-order valence-electron chi connectivity index (χ0n) is 13.4. The van der Waals surface area contributed by atoms with Crippen molar-refractivity contribution < 1.29 is 4.79 Å². The lowest BCUT2D eigenvalue weighted by molar-refractivity contribution is -0.111. The van der Waals surface area contributed by atoms with Gasteiger partial charge in [0.2, 0.25) is 11.0 Å². The van der Waals surface area contributed by atoms with Crippen molar-refractivity contribution in [3.8, 4) is 0 Å². The van der Waals surface area contributed by atoms with E-state index in [0.29, 0.717) is 20.7 Å². The second-order valence-electron chi connectivity index (χ2n) is 5.14. The summed E-state index contributed by atoms with van der Waals surface area (Å²) in [6.07, 6.45) is 3.02. The minimum atomic E-state index is -0.299. The molecule has 0 aliphatic carbocycles. The zero-order valence-corrected chi connectivity index (χ0v) is 16.5. The highest BCUT2D eigenvalue weighted by atomic mass is 35.5. The number of hydrogen-bond acceptors (Lipinski definition) is 5. The van der Waals surface area contributed by atoms with Gasteiger partial charge in [0, 0.05) is 21.9 Å². The third-order valence-corrected chi connectivity index (χ3v) is 5.82. The maximum atomic E-state index is 12.0. The first kappa shape index (κ1) is 18.9. The molecule has 0 bridgehead atoms. The van der Waals surface area contributed by atoms with Crippen molar-refractivity contribution in [1.29, 1.82) is 0 Å². The Morgan fingerprint density at radius 1 is 1.15 bits per heavy atom. The predicted molar refractivity (Wildman–Crippen MR) is 110 cm³/mol. The first-order valence-corrected chi connectivity index (χ1v) is 10.1. The number of thioether (sulfide) groups is 1.